The number of rotatable bonds is 7. The van der Waals surface area contributed by atoms with Gasteiger partial charge in [-0.3, -0.25) is 5.10 Å². The molecule has 0 aliphatic heterocycles. The molecule has 0 saturated carbocycles. The summed E-state index contributed by atoms with van der Waals surface area (Å²) in [6, 6.07) is 11.0. The third-order valence-corrected chi connectivity index (χ3v) is 4.93. The summed E-state index contributed by atoms with van der Waals surface area (Å²) in [7, 11) is 1.60. The van der Waals surface area contributed by atoms with Crippen molar-refractivity contribution in [1.82, 2.24) is 14.9 Å². The normalized spacial score (nSPS) is 10.7. The van der Waals surface area contributed by atoms with Crippen LogP contribution < -0.4 is 14.9 Å². The number of nitrogens with one attached hydrogen (secondary N) is 2. The Hall–Kier alpha value is -2.22. The van der Waals surface area contributed by atoms with Gasteiger partial charge in [0.25, 0.3) is 0 Å². The molecule has 3 aromatic rings. The highest BCUT2D eigenvalue weighted by Gasteiger charge is 2.10. The molecule has 142 valence electrons. The Balaban J connectivity index is 1.71. The van der Waals surface area contributed by atoms with E-state index >= 15 is 0 Å². The second-order valence-electron chi connectivity index (χ2n) is 5.72. The molecule has 0 aliphatic rings. The van der Waals surface area contributed by atoms with Crippen molar-refractivity contribution in [2.45, 2.75) is 20.1 Å². The van der Waals surface area contributed by atoms with Gasteiger partial charge in [-0.05, 0) is 49.0 Å². The van der Waals surface area contributed by atoms with E-state index in [1.807, 2.05) is 25.1 Å². The number of nitrogens with zero attached hydrogens (tertiary/aromatic N) is 2. The second kappa shape index (κ2) is 8.65. The molecule has 2 N–H and O–H groups in total. The first-order valence-corrected chi connectivity index (χ1v) is 9.26. The summed E-state index contributed by atoms with van der Waals surface area (Å²) in [5.41, 5.74) is 4.94. The largest absolute Gasteiger partial charge is 0.493 e. The topological polar surface area (TPSA) is 64.1 Å². The molecule has 0 radical (unpaired) electrons. The third-order valence-electron chi connectivity index (χ3n) is 3.94. The quantitative estimate of drug-likeness (QED) is 0.528. The number of hydrogen-bond donors (Lipinski definition) is 2. The van der Waals surface area contributed by atoms with Crippen LogP contribution in [0.2, 0.25) is 10.0 Å². The lowest BCUT2D eigenvalue weighted by Gasteiger charge is -2.14. The molecule has 0 fully saturated rings. The van der Waals surface area contributed by atoms with E-state index in [9.17, 15) is 0 Å². The first-order chi connectivity index (χ1) is 13.0. The molecule has 2 aromatic carbocycles. The van der Waals surface area contributed by atoms with E-state index < -0.39 is 0 Å². The highest BCUT2D eigenvalue weighted by atomic mass is 35.5. The maximum Gasteiger partial charge on any atom is 0.214 e. The smallest absolute Gasteiger partial charge is 0.214 e. The number of aromatic amines is 1. The number of halogens is 2. The number of aromatic nitrogens is 3. The van der Waals surface area contributed by atoms with Crippen molar-refractivity contribution < 1.29 is 9.47 Å². The monoisotopic (exact) mass is 424 g/mol. The standard InChI is InChI=1S/C18H18Cl2N4O2S/c1-11-22-23-18(27)24(11)21-9-12-6-7-16(17(8-12)25-2)26-10-13-14(19)4-3-5-15(13)20/h3-8,21H,9-10H2,1-2H3,(H,23,27). The maximum absolute atomic E-state index is 6.19. The molecule has 0 atom stereocenters. The van der Waals surface area contributed by atoms with Gasteiger partial charge < -0.3 is 14.9 Å². The van der Waals surface area contributed by atoms with Crippen molar-refractivity contribution in [2.24, 2.45) is 0 Å². The van der Waals surface area contributed by atoms with E-state index in [1.54, 1.807) is 30.0 Å². The summed E-state index contributed by atoms with van der Waals surface area (Å²) in [5, 5.41) is 7.92. The molecular weight excluding hydrogens is 407 g/mol. The molecular formula is C18H18Cl2N4O2S. The predicted molar refractivity (Wildman–Crippen MR) is 109 cm³/mol. The average molecular weight is 425 g/mol. The summed E-state index contributed by atoms with van der Waals surface area (Å²) < 4.78 is 13.5. The van der Waals surface area contributed by atoms with Crippen molar-refractivity contribution in [3.63, 3.8) is 0 Å². The van der Waals surface area contributed by atoms with Crippen LogP contribution in [0.15, 0.2) is 36.4 Å². The van der Waals surface area contributed by atoms with Crippen molar-refractivity contribution in [1.29, 1.82) is 0 Å². The van der Waals surface area contributed by atoms with Gasteiger partial charge >= 0.3 is 0 Å². The van der Waals surface area contributed by atoms with Crippen LogP contribution in [0.5, 0.6) is 11.5 Å². The van der Waals surface area contributed by atoms with Crippen molar-refractivity contribution in [3.05, 3.63) is 68.2 Å². The zero-order valence-corrected chi connectivity index (χ0v) is 17.1. The van der Waals surface area contributed by atoms with Gasteiger partial charge in [0.1, 0.15) is 12.4 Å². The van der Waals surface area contributed by atoms with Crippen molar-refractivity contribution in [3.8, 4) is 11.5 Å². The van der Waals surface area contributed by atoms with E-state index in [-0.39, 0.29) is 6.61 Å². The summed E-state index contributed by atoms with van der Waals surface area (Å²) in [4.78, 5) is 0. The van der Waals surface area contributed by atoms with Gasteiger partial charge in [0.2, 0.25) is 4.77 Å². The molecule has 0 bridgehead atoms. The zero-order valence-electron chi connectivity index (χ0n) is 14.8. The van der Waals surface area contributed by atoms with E-state index in [4.69, 9.17) is 44.9 Å². The number of H-pyrrole nitrogens is 1. The molecule has 0 unspecified atom stereocenters. The molecule has 0 saturated heterocycles. The minimum atomic E-state index is 0.246. The van der Waals surface area contributed by atoms with Gasteiger partial charge in [0.05, 0.1) is 13.7 Å². The van der Waals surface area contributed by atoms with E-state index in [2.05, 4.69) is 15.6 Å². The van der Waals surface area contributed by atoms with Crippen LogP contribution in [-0.2, 0) is 13.2 Å². The van der Waals surface area contributed by atoms with E-state index in [1.165, 1.54) is 0 Å². The molecule has 1 heterocycles. The molecule has 27 heavy (non-hydrogen) atoms. The van der Waals surface area contributed by atoms with Crippen LogP contribution in [0.1, 0.15) is 17.0 Å². The SMILES string of the molecule is COc1cc(CNn2c(C)n[nH]c2=S)ccc1OCc1c(Cl)cccc1Cl. The third kappa shape index (κ3) is 4.55. The van der Waals surface area contributed by atoms with Gasteiger partial charge in [-0.25, -0.2) is 4.68 Å². The Morgan fingerprint density at radius 1 is 1.19 bits per heavy atom. The highest BCUT2D eigenvalue weighted by Crippen LogP contribution is 2.31. The Bertz CT molecular complexity index is 983. The number of aryl methyl sites for hydroxylation is 1. The number of ether oxygens (including phenoxy) is 2. The minimum Gasteiger partial charge on any atom is -0.493 e. The Kier molecular flexibility index (Phi) is 6.26. The zero-order chi connectivity index (χ0) is 19.4. The highest BCUT2D eigenvalue weighted by molar-refractivity contribution is 7.71. The number of benzene rings is 2. The molecule has 0 aliphatic carbocycles. The Labute approximate surface area is 172 Å². The van der Waals surface area contributed by atoms with Gasteiger partial charge in [0, 0.05) is 15.6 Å². The lowest BCUT2D eigenvalue weighted by molar-refractivity contribution is 0.284. The fraction of sp³-hybridized carbons (Fsp3) is 0.222. The molecule has 6 nitrogen and oxygen atoms in total. The fourth-order valence-electron chi connectivity index (χ4n) is 2.49. The summed E-state index contributed by atoms with van der Waals surface area (Å²) in [6.07, 6.45) is 0. The first kappa shape index (κ1) is 19.5. The predicted octanol–water partition coefficient (Wildman–Crippen LogP) is 4.89. The molecule has 1 aromatic heterocycles. The van der Waals surface area contributed by atoms with E-state index in [0.29, 0.717) is 32.9 Å². The maximum atomic E-state index is 6.19. The van der Waals surface area contributed by atoms with Crippen molar-refractivity contribution >= 4 is 35.4 Å². The average Bonchev–Trinajstić information content (AvgIpc) is 2.98. The Morgan fingerprint density at radius 3 is 2.56 bits per heavy atom. The van der Waals surface area contributed by atoms with Gasteiger partial charge in [-0.15, -0.1) is 0 Å². The van der Waals surface area contributed by atoms with Crippen LogP contribution in [-0.4, -0.2) is 22.0 Å². The van der Waals surface area contributed by atoms with Gasteiger partial charge in [-0.2, -0.15) is 5.10 Å². The van der Waals surface area contributed by atoms with Gasteiger partial charge in [-0.1, -0.05) is 35.3 Å². The van der Waals surface area contributed by atoms with Gasteiger partial charge in [0.15, 0.2) is 11.5 Å². The van der Waals surface area contributed by atoms with Crippen LogP contribution in [0, 0.1) is 11.7 Å². The second-order valence-corrected chi connectivity index (χ2v) is 6.92. The summed E-state index contributed by atoms with van der Waals surface area (Å²) in [6.45, 7) is 2.65. The van der Waals surface area contributed by atoms with Crippen LogP contribution in [0.25, 0.3) is 0 Å². The number of hydrogen-bond acceptors (Lipinski definition) is 5. The number of methoxy groups -OCH3 is 1. The van der Waals surface area contributed by atoms with Crippen LogP contribution >= 0.6 is 35.4 Å². The van der Waals surface area contributed by atoms with Crippen LogP contribution in [0.4, 0.5) is 0 Å². The van der Waals surface area contributed by atoms with Crippen molar-refractivity contribution in [2.75, 3.05) is 12.5 Å². The molecule has 0 amide bonds. The fourth-order valence-corrected chi connectivity index (χ4v) is 3.24. The first-order valence-electron chi connectivity index (χ1n) is 8.10. The molecule has 3 rings (SSSR count). The Morgan fingerprint density at radius 2 is 1.93 bits per heavy atom. The molecule has 9 heteroatoms. The minimum absolute atomic E-state index is 0.246. The molecule has 0 spiro atoms. The lowest BCUT2D eigenvalue weighted by atomic mass is 10.2. The van der Waals surface area contributed by atoms with Crippen LogP contribution in [0.3, 0.4) is 0 Å². The van der Waals surface area contributed by atoms with E-state index in [0.717, 1.165) is 17.0 Å². The lowest BCUT2D eigenvalue weighted by Crippen LogP contribution is -2.16. The summed E-state index contributed by atoms with van der Waals surface area (Å²) in [5.74, 6) is 1.97. The summed E-state index contributed by atoms with van der Waals surface area (Å²) >= 11 is 17.6.